The molecule has 1 heterocycles. The van der Waals surface area contributed by atoms with Gasteiger partial charge in [-0.25, -0.2) is 9.37 Å². The fraction of sp³-hybridized carbons (Fsp3) is 0.300. The Balaban J connectivity index is 0.00000363. The molecule has 1 amide bonds. The molecule has 0 aliphatic carbocycles. The predicted molar refractivity (Wildman–Crippen MR) is 116 cm³/mol. The average Bonchev–Trinajstić information content (AvgIpc) is 3.09. The maximum atomic E-state index is 13.0. The fourth-order valence-corrected chi connectivity index (χ4v) is 3.62. The zero-order chi connectivity index (χ0) is 22.6. The van der Waals surface area contributed by atoms with Gasteiger partial charge in [-0.2, -0.15) is 0 Å². The molecule has 0 aliphatic heterocycles. The van der Waals surface area contributed by atoms with Crippen LogP contribution in [0.15, 0.2) is 42.5 Å². The van der Waals surface area contributed by atoms with E-state index in [1.807, 2.05) is 19.0 Å². The highest BCUT2D eigenvalue weighted by Crippen LogP contribution is 2.33. The van der Waals surface area contributed by atoms with Crippen LogP contribution < -0.4 is 14.4 Å². The van der Waals surface area contributed by atoms with Gasteiger partial charge in [0.05, 0.1) is 10.2 Å². The number of aromatic nitrogens is 1. The summed E-state index contributed by atoms with van der Waals surface area (Å²) < 4.78 is 60.3. The summed E-state index contributed by atoms with van der Waals surface area (Å²) >= 11 is 1.07. The van der Waals surface area contributed by atoms with E-state index < -0.39 is 18.1 Å². The Morgan fingerprint density at radius 3 is 2.34 bits per heavy atom. The molecule has 0 N–H and O–H groups in total. The number of nitrogens with zero attached hydrogens (tertiary/aromatic N) is 3. The van der Waals surface area contributed by atoms with Crippen LogP contribution in [0.25, 0.3) is 10.2 Å². The molecule has 3 rings (SSSR count). The second kappa shape index (κ2) is 10.8. The molecule has 0 unspecified atom stereocenters. The number of carbonyl (C=O) groups excluding carboxylic acids is 1. The summed E-state index contributed by atoms with van der Waals surface area (Å²) in [6, 6.07) is 9.06. The lowest BCUT2D eigenvalue weighted by molar-refractivity contribution is -0.274. The van der Waals surface area contributed by atoms with Crippen LogP contribution in [-0.2, 0) is 4.79 Å². The van der Waals surface area contributed by atoms with Crippen molar-refractivity contribution in [2.75, 3.05) is 38.7 Å². The molecule has 0 spiro atoms. The Bertz CT molecular complexity index is 1040. The number of likely N-dealkylation sites (N-methyl/N-ethyl adjacent to an activating group) is 1. The third-order valence-electron chi connectivity index (χ3n) is 4.06. The molecule has 0 bridgehead atoms. The van der Waals surface area contributed by atoms with Crippen molar-refractivity contribution < 1.29 is 31.8 Å². The van der Waals surface area contributed by atoms with Crippen LogP contribution in [0.3, 0.4) is 0 Å². The standard InChI is InChI=1S/C20H19F4N3O3S.ClH/c1-26(2)9-10-27(18(28)12-29-14-5-3-13(21)4-6-14)19-25-16-8-7-15(11-17(16)31-19)30-20(22,23)24;/h3-8,11H,9-10,12H2,1-2H3;1H. The Morgan fingerprint density at radius 2 is 1.72 bits per heavy atom. The van der Waals surface area contributed by atoms with Gasteiger partial charge >= 0.3 is 6.36 Å². The van der Waals surface area contributed by atoms with E-state index in [1.165, 1.54) is 47.4 Å². The van der Waals surface area contributed by atoms with Crippen LogP contribution in [0.5, 0.6) is 11.5 Å². The van der Waals surface area contributed by atoms with Gasteiger partial charge in [0, 0.05) is 19.2 Å². The normalized spacial score (nSPS) is 11.3. The van der Waals surface area contributed by atoms with Crippen molar-refractivity contribution in [1.82, 2.24) is 9.88 Å². The highest BCUT2D eigenvalue weighted by molar-refractivity contribution is 7.22. The van der Waals surface area contributed by atoms with Crippen LogP contribution in [0.4, 0.5) is 22.7 Å². The van der Waals surface area contributed by atoms with Gasteiger partial charge < -0.3 is 14.4 Å². The molecule has 12 heteroatoms. The van der Waals surface area contributed by atoms with Crippen LogP contribution in [0, 0.1) is 5.82 Å². The molecular formula is C20H20ClF4N3O3S. The first kappa shape index (κ1) is 25.6. The molecule has 0 radical (unpaired) electrons. The largest absolute Gasteiger partial charge is 0.573 e. The Kier molecular flexibility index (Phi) is 8.65. The topological polar surface area (TPSA) is 54.9 Å². The first-order valence-electron chi connectivity index (χ1n) is 9.10. The summed E-state index contributed by atoms with van der Waals surface area (Å²) in [5.41, 5.74) is 0.441. The molecule has 6 nitrogen and oxygen atoms in total. The fourth-order valence-electron chi connectivity index (χ4n) is 2.59. The van der Waals surface area contributed by atoms with Crippen molar-refractivity contribution in [3.05, 3.63) is 48.3 Å². The zero-order valence-electron chi connectivity index (χ0n) is 17.1. The second-order valence-corrected chi connectivity index (χ2v) is 7.77. The minimum atomic E-state index is -4.80. The summed E-state index contributed by atoms with van der Waals surface area (Å²) in [6.45, 7) is 0.516. The van der Waals surface area contributed by atoms with Gasteiger partial charge in [0.15, 0.2) is 11.7 Å². The van der Waals surface area contributed by atoms with Gasteiger partial charge in [0.25, 0.3) is 5.91 Å². The lowest BCUT2D eigenvalue weighted by Crippen LogP contribution is -2.39. The van der Waals surface area contributed by atoms with Gasteiger partial charge in [-0.05, 0) is 50.5 Å². The van der Waals surface area contributed by atoms with Crippen LogP contribution in [-0.4, -0.2) is 55.9 Å². The number of thiazole rings is 1. The number of halogens is 5. The highest BCUT2D eigenvalue weighted by atomic mass is 35.5. The molecule has 0 saturated carbocycles. The smallest absolute Gasteiger partial charge is 0.484 e. The number of carbonyl (C=O) groups is 1. The first-order valence-corrected chi connectivity index (χ1v) is 9.92. The summed E-state index contributed by atoms with van der Waals surface area (Å²) in [5.74, 6) is -0.840. The maximum Gasteiger partial charge on any atom is 0.573 e. The van der Waals surface area contributed by atoms with Gasteiger partial charge in [0.2, 0.25) is 0 Å². The summed E-state index contributed by atoms with van der Waals surface area (Å²) in [4.78, 5) is 20.5. The molecule has 3 aromatic rings. The number of hydrogen-bond donors (Lipinski definition) is 0. The quantitative estimate of drug-likeness (QED) is 0.425. The summed E-state index contributed by atoms with van der Waals surface area (Å²) in [7, 11) is 3.69. The molecule has 1 aromatic heterocycles. The third-order valence-corrected chi connectivity index (χ3v) is 5.10. The summed E-state index contributed by atoms with van der Waals surface area (Å²) in [5, 5.41) is 0.328. The van der Waals surface area contributed by atoms with E-state index in [0.717, 1.165) is 11.3 Å². The molecule has 0 aliphatic rings. The van der Waals surface area contributed by atoms with Crippen molar-refractivity contribution in [3.8, 4) is 11.5 Å². The van der Waals surface area contributed by atoms with E-state index in [1.54, 1.807) is 0 Å². The Morgan fingerprint density at radius 1 is 1.06 bits per heavy atom. The third kappa shape index (κ3) is 7.21. The van der Waals surface area contributed by atoms with E-state index in [4.69, 9.17) is 4.74 Å². The number of benzene rings is 2. The molecule has 0 fully saturated rings. The van der Waals surface area contributed by atoms with Gasteiger partial charge in [-0.3, -0.25) is 9.69 Å². The number of ether oxygens (including phenoxy) is 2. The molecular weight excluding hydrogens is 474 g/mol. The van der Waals surface area contributed by atoms with E-state index in [2.05, 4.69) is 9.72 Å². The van der Waals surface area contributed by atoms with Crippen molar-refractivity contribution in [2.24, 2.45) is 0 Å². The monoisotopic (exact) mass is 493 g/mol. The van der Waals surface area contributed by atoms with Gasteiger partial charge in [0.1, 0.15) is 17.3 Å². The van der Waals surface area contributed by atoms with E-state index in [9.17, 15) is 22.4 Å². The van der Waals surface area contributed by atoms with Gasteiger partial charge in [-0.15, -0.1) is 25.6 Å². The van der Waals surface area contributed by atoms with Crippen molar-refractivity contribution in [3.63, 3.8) is 0 Å². The minimum Gasteiger partial charge on any atom is -0.484 e. The lowest BCUT2D eigenvalue weighted by atomic mass is 10.3. The van der Waals surface area contributed by atoms with Crippen molar-refractivity contribution in [2.45, 2.75) is 6.36 Å². The minimum absolute atomic E-state index is 0. The van der Waals surface area contributed by atoms with E-state index in [-0.39, 0.29) is 24.8 Å². The summed E-state index contributed by atoms with van der Waals surface area (Å²) in [6.07, 6.45) is -4.80. The second-order valence-electron chi connectivity index (χ2n) is 6.77. The predicted octanol–water partition coefficient (Wildman–Crippen LogP) is 4.73. The Hall–Kier alpha value is -2.63. The number of alkyl halides is 3. The van der Waals surface area contributed by atoms with Crippen LogP contribution in [0.1, 0.15) is 0 Å². The molecule has 2 aromatic carbocycles. The average molecular weight is 494 g/mol. The van der Waals surface area contributed by atoms with Crippen molar-refractivity contribution >= 4 is 45.0 Å². The Labute approximate surface area is 191 Å². The van der Waals surface area contributed by atoms with Gasteiger partial charge in [-0.1, -0.05) is 11.3 Å². The maximum absolute atomic E-state index is 13.0. The highest BCUT2D eigenvalue weighted by Gasteiger charge is 2.31. The lowest BCUT2D eigenvalue weighted by Gasteiger charge is -2.22. The molecule has 32 heavy (non-hydrogen) atoms. The molecule has 0 saturated heterocycles. The van der Waals surface area contributed by atoms with E-state index >= 15 is 0 Å². The van der Waals surface area contributed by atoms with Crippen molar-refractivity contribution in [1.29, 1.82) is 0 Å². The number of hydrogen-bond acceptors (Lipinski definition) is 6. The number of rotatable bonds is 8. The SMILES string of the molecule is CN(C)CCN(C(=O)COc1ccc(F)cc1)c1nc2ccc(OC(F)(F)F)cc2s1.Cl. The number of anilines is 1. The van der Waals surface area contributed by atoms with Crippen LogP contribution in [0.2, 0.25) is 0 Å². The zero-order valence-corrected chi connectivity index (χ0v) is 18.7. The van der Waals surface area contributed by atoms with Crippen LogP contribution >= 0.6 is 23.7 Å². The first-order chi connectivity index (χ1) is 14.6. The van der Waals surface area contributed by atoms with E-state index in [0.29, 0.717) is 34.2 Å². The number of amides is 1. The number of fused-ring (bicyclic) bond motifs is 1. The molecule has 174 valence electrons. The molecule has 0 atom stereocenters.